The van der Waals surface area contributed by atoms with Gasteiger partial charge in [0.25, 0.3) is 0 Å². The number of fused-ring (bicyclic) bond motifs is 1. The van der Waals surface area contributed by atoms with Gasteiger partial charge in [0.05, 0.1) is 18.6 Å². The zero-order chi connectivity index (χ0) is 31.4. The summed E-state index contributed by atoms with van der Waals surface area (Å²) in [5, 5.41) is 54.4. The molecule has 4 aromatic rings. The maximum absolute atomic E-state index is 11.3. The monoisotopic (exact) mass is 602 g/mol. The van der Waals surface area contributed by atoms with Crippen LogP contribution in [0.5, 0.6) is 5.75 Å². The molecule has 3 heterocycles. The van der Waals surface area contributed by atoms with Crippen LogP contribution in [0.25, 0.3) is 22.2 Å². The summed E-state index contributed by atoms with van der Waals surface area (Å²) in [5.74, 6) is 0.0406. The van der Waals surface area contributed by atoms with Crippen molar-refractivity contribution in [2.75, 3.05) is 24.3 Å². The zero-order valence-electron chi connectivity index (χ0n) is 24.1. The van der Waals surface area contributed by atoms with E-state index in [4.69, 9.17) is 20.3 Å². The average molecular weight is 603 g/mol. The Balaban J connectivity index is 1.50. The van der Waals surface area contributed by atoms with Crippen molar-refractivity contribution in [1.29, 1.82) is 5.26 Å². The predicted molar refractivity (Wildman–Crippen MR) is 160 cm³/mol. The van der Waals surface area contributed by atoms with Gasteiger partial charge in [0.15, 0.2) is 11.9 Å². The van der Waals surface area contributed by atoms with Crippen molar-refractivity contribution >= 4 is 28.6 Å². The van der Waals surface area contributed by atoms with E-state index in [1.165, 1.54) is 17.8 Å². The average Bonchev–Trinajstić information content (AvgIpc) is 3.45. The van der Waals surface area contributed by atoms with Crippen LogP contribution in [0.1, 0.15) is 43.5 Å². The minimum absolute atomic E-state index is 0.0519. The largest absolute Gasteiger partial charge is 0.493 e. The number of rotatable bonds is 12. The highest BCUT2D eigenvalue weighted by Gasteiger charge is 2.54. The number of carbonyl (C=O) groups is 1. The topological polar surface area (TPSA) is 209 Å². The highest BCUT2D eigenvalue weighted by atomic mass is 16.6. The van der Waals surface area contributed by atoms with E-state index in [2.05, 4.69) is 21.4 Å². The second kappa shape index (κ2) is 12.9. The third kappa shape index (κ3) is 5.88. The van der Waals surface area contributed by atoms with Crippen molar-refractivity contribution in [2.45, 2.75) is 56.8 Å². The molecule has 44 heavy (non-hydrogen) atoms. The number of nitrogens with two attached hydrogens (primary N) is 1. The number of carboxylic acids is 1. The molecule has 1 aliphatic heterocycles. The number of nitriles is 1. The molecular weight excluding hydrogens is 568 g/mol. The third-order valence-corrected chi connectivity index (χ3v) is 7.73. The SMILES string of the molecule is CC1(O)C(O)C(CO)OC1n1c(NCc2ccc(-c3ccccc3)c(OCCCCC(=O)O)c2)c(C#N)c2c(N)ncnc21. The normalized spacial score (nSPS) is 21.3. The summed E-state index contributed by atoms with van der Waals surface area (Å²) in [5.41, 5.74) is 7.23. The van der Waals surface area contributed by atoms with E-state index in [0.29, 0.717) is 25.2 Å². The van der Waals surface area contributed by atoms with Gasteiger partial charge in [0.1, 0.15) is 53.2 Å². The second-order valence-corrected chi connectivity index (χ2v) is 10.8. The van der Waals surface area contributed by atoms with Crippen LogP contribution in [0.2, 0.25) is 0 Å². The summed E-state index contributed by atoms with van der Waals surface area (Å²) >= 11 is 0. The molecule has 4 unspecified atom stereocenters. The van der Waals surface area contributed by atoms with Crippen molar-refractivity contribution in [1.82, 2.24) is 14.5 Å². The van der Waals surface area contributed by atoms with Crippen molar-refractivity contribution in [2.24, 2.45) is 0 Å². The Morgan fingerprint density at radius 1 is 1.23 bits per heavy atom. The molecule has 1 aliphatic rings. The molecule has 5 rings (SSSR count). The number of anilines is 2. The standard InChI is InChI=1S/C31H34N6O7/c1-31(42)26(41)23(16-38)44-30(31)37-28(21(14-32)25-27(33)35-17-36-29(25)37)34-15-18-10-11-20(19-7-3-2-4-8-19)22(13-18)43-12-6-5-9-24(39)40/h2-4,7-8,10-11,13,17,23,26,30,34,38,41-42H,5-6,9,12,15-16H2,1H3,(H,39,40)(H2,33,35,36). The molecule has 0 amide bonds. The zero-order valence-corrected chi connectivity index (χ0v) is 24.1. The van der Waals surface area contributed by atoms with Gasteiger partial charge in [0, 0.05) is 18.5 Å². The number of hydrogen-bond donors (Lipinski definition) is 6. The van der Waals surface area contributed by atoms with Crippen LogP contribution in [-0.4, -0.2) is 72.0 Å². The fourth-order valence-corrected chi connectivity index (χ4v) is 5.43. The smallest absolute Gasteiger partial charge is 0.303 e. The lowest BCUT2D eigenvalue weighted by Gasteiger charge is -2.29. The number of nitrogen functional groups attached to an aromatic ring is 1. The number of carboxylic acid groups (broad SMARTS) is 1. The van der Waals surface area contributed by atoms with E-state index in [9.17, 15) is 25.4 Å². The number of aromatic nitrogens is 3. The molecule has 2 aromatic carbocycles. The number of benzene rings is 2. The van der Waals surface area contributed by atoms with Gasteiger partial charge in [-0.2, -0.15) is 5.26 Å². The fraction of sp³-hybridized carbons (Fsp3) is 0.355. The van der Waals surface area contributed by atoms with Gasteiger partial charge in [0.2, 0.25) is 0 Å². The van der Waals surface area contributed by atoms with E-state index in [1.54, 1.807) is 0 Å². The Bertz CT molecular complexity index is 1680. The second-order valence-electron chi connectivity index (χ2n) is 10.8. The first-order chi connectivity index (χ1) is 21.2. The molecule has 0 saturated carbocycles. The van der Waals surface area contributed by atoms with Gasteiger partial charge in [-0.3, -0.25) is 9.36 Å². The number of aliphatic hydroxyl groups is 3. The first-order valence-electron chi connectivity index (χ1n) is 14.1. The van der Waals surface area contributed by atoms with Crippen LogP contribution in [0.15, 0.2) is 54.9 Å². The number of aliphatic carboxylic acids is 1. The Kier molecular flexibility index (Phi) is 8.98. The number of aliphatic hydroxyl groups excluding tert-OH is 2. The summed E-state index contributed by atoms with van der Waals surface area (Å²) < 4.78 is 13.5. The molecule has 4 atom stereocenters. The van der Waals surface area contributed by atoms with Gasteiger partial charge < -0.3 is 41.0 Å². The molecule has 230 valence electrons. The molecule has 13 nitrogen and oxygen atoms in total. The predicted octanol–water partition coefficient (Wildman–Crippen LogP) is 2.80. The lowest BCUT2D eigenvalue weighted by molar-refractivity contribution is -0.137. The number of nitrogens with zero attached hydrogens (tertiary/aromatic N) is 4. The third-order valence-electron chi connectivity index (χ3n) is 7.73. The Morgan fingerprint density at radius 2 is 2.00 bits per heavy atom. The molecule has 7 N–H and O–H groups in total. The van der Waals surface area contributed by atoms with Crippen LogP contribution in [-0.2, 0) is 16.1 Å². The van der Waals surface area contributed by atoms with Gasteiger partial charge >= 0.3 is 5.97 Å². The molecule has 0 spiro atoms. The quantitative estimate of drug-likeness (QED) is 0.129. The van der Waals surface area contributed by atoms with Crippen molar-refractivity contribution in [3.8, 4) is 22.9 Å². The minimum Gasteiger partial charge on any atom is -0.493 e. The summed E-state index contributed by atoms with van der Waals surface area (Å²) in [6, 6.07) is 17.6. The Morgan fingerprint density at radius 3 is 2.68 bits per heavy atom. The minimum atomic E-state index is -1.86. The van der Waals surface area contributed by atoms with Crippen LogP contribution < -0.4 is 15.8 Å². The van der Waals surface area contributed by atoms with Crippen LogP contribution in [0.3, 0.4) is 0 Å². The van der Waals surface area contributed by atoms with Crippen molar-refractivity contribution in [3.63, 3.8) is 0 Å². The summed E-state index contributed by atoms with van der Waals surface area (Å²) in [6.07, 6.45) is -1.38. The summed E-state index contributed by atoms with van der Waals surface area (Å²) in [6.45, 7) is 1.37. The molecule has 0 bridgehead atoms. The molecule has 0 radical (unpaired) electrons. The van der Waals surface area contributed by atoms with Gasteiger partial charge in [-0.25, -0.2) is 9.97 Å². The van der Waals surface area contributed by atoms with E-state index in [1.807, 2.05) is 48.5 Å². The van der Waals surface area contributed by atoms with Crippen LogP contribution >= 0.6 is 0 Å². The van der Waals surface area contributed by atoms with E-state index in [-0.39, 0.29) is 41.2 Å². The molecular formula is C31H34N6O7. The van der Waals surface area contributed by atoms with E-state index >= 15 is 0 Å². The number of unbranched alkanes of at least 4 members (excludes halogenated alkanes) is 1. The summed E-state index contributed by atoms with van der Waals surface area (Å²) in [7, 11) is 0. The van der Waals surface area contributed by atoms with Gasteiger partial charge in [-0.15, -0.1) is 0 Å². The van der Waals surface area contributed by atoms with Crippen LogP contribution in [0, 0.1) is 11.3 Å². The highest BCUT2D eigenvalue weighted by Crippen LogP contribution is 2.44. The fourth-order valence-electron chi connectivity index (χ4n) is 5.43. The van der Waals surface area contributed by atoms with Crippen molar-refractivity contribution in [3.05, 3.63) is 66.0 Å². The van der Waals surface area contributed by atoms with E-state index in [0.717, 1.165) is 16.7 Å². The molecule has 1 saturated heterocycles. The van der Waals surface area contributed by atoms with Gasteiger partial charge in [-0.05, 0) is 37.0 Å². The number of hydrogen-bond acceptors (Lipinski definition) is 11. The van der Waals surface area contributed by atoms with Crippen LogP contribution in [0.4, 0.5) is 11.6 Å². The highest BCUT2D eigenvalue weighted by molar-refractivity contribution is 5.97. The Hall–Kier alpha value is -4.74. The lowest BCUT2D eigenvalue weighted by Crippen LogP contribution is -2.44. The number of ether oxygens (including phenoxy) is 2. The lowest BCUT2D eigenvalue weighted by atomic mass is 9.96. The molecule has 13 heteroatoms. The molecule has 0 aliphatic carbocycles. The van der Waals surface area contributed by atoms with E-state index < -0.39 is 36.6 Å². The maximum atomic E-state index is 11.3. The number of nitrogens with one attached hydrogen (secondary N) is 1. The first kappa shape index (κ1) is 30.7. The molecule has 2 aromatic heterocycles. The Labute approximate surface area is 253 Å². The first-order valence-corrected chi connectivity index (χ1v) is 14.1. The maximum Gasteiger partial charge on any atom is 0.303 e. The summed E-state index contributed by atoms with van der Waals surface area (Å²) in [4.78, 5) is 19.2. The molecule has 1 fully saturated rings. The van der Waals surface area contributed by atoms with Gasteiger partial charge in [-0.1, -0.05) is 42.5 Å². The van der Waals surface area contributed by atoms with Crippen molar-refractivity contribution < 1.29 is 34.7 Å².